The molecule has 0 amide bonds. The third-order valence-electron chi connectivity index (χ3n) is 5.69. The van der Waals surface area contributed by atoms with Crippen LogP contribution in [0.4, 0.5) is 0 Å². The fourth-order valence-electron chi connectivity index (χ4n) is 4.03. The Kier molecular flexibility index (Phi) is 7.36. The van der Waals surface area contributed by atoms with Gasteiger partial charge in [0.2, 0.25) is 0 Å². The normalized spacial score (nSPS) is 14.6. The second-order valence-electron chi connectivity index (χ2n) is 7.75. The van der Waals surface area contributed by atoms with Gasteiger partial charge in [-0.3, -0.25) is 0 Å². The summed E-state index contributed by atoms with van der Waals surface area (Å²) >= 11 is 0. The fraction of sp³-hybridized carbons (Fsp3) is 0.360. The van der Waals surface area contributed by atoms with E-state index < -0.39 is 0 Å². The van der Waals surface area contributed by atoms with Gasteiger partial charge in [-0.2, -0.15) is 0 Å². The van der Waals surface area contributed by atoms with Crippen molar-refractivity contribution >= 4 is 23.2 Å². The van der Waals surface area contributed by atoms with Gasteiger partial charge in [-0.05, 0) is 42.2 Å². The minimum Gasteiger partial charge on any atom is -0.489 e. The molecule has 0 spiro atoms. The van der Waals surface area contributed by atoms with Crippen LogP contribution in [0.15, 0.2) is 60.7 Å². The highest BCUT2D eigenvalue weighted by molar-refractivity contribution is 5.87. The first kappa shape index (κ1) is 20.7. The molecular weight excluding hydrogens is 366 g/mol. The van der Waals surface area contributed by atoms with Gasteiger partial charge in [0, 0.05) is 18.2 Å². The quantitative estimate of drug-likeness (QED) is 0.509. The van der Waals surface area contributed by atoms with E-state index in [1.54, 1.807) is 0 Å². The first-order chi connectivity index (χ1) is 13.3. The van der Waals surface area contributed by atoms with Crippen molar-refractivity contribution in [2.24, 2.45) is 0 Å². The zero-order chi connectivity index (χ0) is 18.5. The van der Waals surface area contributed by atoms with Crippen LogP contribution >= 0.6 is 12.4 Å². The number of hydrogen-bond acceptors (Lipinski definition) is 2. The molecule has 2 nitrogen and oxygen atoms in total. The molecule has 0 unspecified atom stereocenters. The lowest BCUT2D eigenvalue weighted by Gasteiger charge is -2.24. The molecule has 4 rings (SSSR count). The van der Waals surface area contributed by atoms with Gasteiger partial charge in [0.05, 0.1) is 0 Å². The van der Waals surface area contributed by atoms with Gasteiger partial charge in [-0.25, -0.2) is 0 Å². The summed E-state index contributed by atoms with van der Waals surface area (Å²) in [6, 6.07) is 22.2. The van der Waals surface area contributed by atoms with E-state index in [0.29, 0.717) is 12.6 Å². The SMILES string of the molecule is Cc1ccc(COc2ccc3ccccc3c2CNC2CCCCC2)cc1.Cl. The molecule has 148 valence electrons. The lowest BCUT2D eigenvalue weighted by atomic mass is 9.95. The van der Waals surface area contributed by atoms with Crippen molar-refractivity contribution in [2.45, 2.75) is 58.2 Å². The Morgan fingerprint density at radius 3 is 2.43 bits per heavy atom. The van der Waals surface area contributed by atoms with Crippen LogP contribution in [-0.4, -0.2) is 6.04 Å². The van der Waals surface area contributed by atoms with E-state index >= 15 is 0 Å². The number of fused-ring (bicyclic) bond motifs is 1. The predicted molar refractivity (Wildman–Crippen MR) is 120 cm³/mol. The van der Waals surface area contributed by atoms with Gasteiger partial charge >= 0.3 is 0 Å². The van der Waals surface area contributed by atoms with Crippen molar-refractivity contribution in [1.29, 1.82) is 0 Å². The number of rotatable bonds is 6. The van der Waals surface area contributed by atoms with Crippen LogP contribution in [0.1, 0.15) is 48.8 Å². The molecule has 1 N–H and O–H groups in total. The number of halogens is 1. The minimum absolute atomic E-state index is 0. The molecule has 1 saturated carbocycles. The molecule has 0 aliphatic heterocycles. The molecule has 1 fully saturated rings. The molecule has 3 aromatic carbocycles. The molecule has 0 bridgehead atoms. The van der Waals surface area contributed by atoms with Crippen LogP contribution in [-0.2, 0) is 13.2 Å². The second-order valence-corrected chi connectivity index (χ2v) is 7.75. The minimum atomic E-state index is 0. The highest BCUT2D eigenvalue weighted by Crippen LogP contribution is 2.29. The number of hydrogen-bond donors (Lipinski definition) is 1. The summed E-state index contributed by atoms with van der Waals surface area (Å²) in [5.74, 6) is 0.998. The zero-order valence-corrected chi connectivity index (χ0v) is 17.4. The predicted octanol–water partition coefficient (Wildman–Crippen LogP) is 6.57. The second kappa shape index (κ2) is 9.95. The van der Waals surface area contributed by atoms with Crippen LogP contribution in [0.25, 0.3) is 10.8 Å². The Morgan fingerprint density at radius 2 is 1.64 bits per heavy atom. The van der Waals surface area contributed by atoms with Crippen molar-refractivity contribution in [3.63, 3.8) is 0 Å². The molecule has 28 heavy (non-hydrogen) atoms. The molecule has 0 radical (unpaired) electrons. The number of ether oxygens (including phenoxy) is 1. The van der Waals surface area contributed by atoms with Crippen molar-refractivity contribution in [3.05, 3.63) is 77.4 Å². The Morgan fingerprint density at radius 1 is 0.893 bits per heavy atom. The van der Waals surface area contributed by atoms with Gasteiger partial charge in [0.1, 0.15) is 12.4 Å². The molecule has 0 saturated heterocycles. The average molecular weight is 396 g/mol. The Labute approximate surface area is 174 Å². The van der Waals surface area contributed by atoms with E-state index in [1.807, 2.05) is 0 Å². The number of nitrogens with one attached hydrogen (secondary N) is 1. The van der Waals surface area contributed by atoms with Crippen molar-refractivity contribution in [1.82, 2.24) is 5.32 Å². The van der Waals surface area contributed by atoms with Crippen molar-refractivity contribution in [3.8, 4) is 5.75 Å². The van der Waals surface area contributed by atoms with E-state index in [4.69, 9.17) is 4.74 Å². The molecule has 0 atom stereocenters. The van der Waals surface area contributed by atoms with Gasteiger partial charge in [0.15, 0.2) is 0 Å². The zero-order valence-electron chi connectivity index (χ0n) is 16.6. The van der Waals surface area contributed by atoms with Crippen molar-refractivity contribution < 1.29 is 4.74 Å². The summed E-state index contributed by atoms with van der Waals surface area (Å²) in [4.78, 5) is 0. The van der Waals surface area contributed by atoms with Crippen molar-refractivity contribution in [2.75, 3.05) is 0 Å². The van der Waals surface area contributed by atoms with Gasteiger partial charge in [-0.1, -0.05) is 79.4 Å². The largest absolute Gasteiger partial charge is 0.489 e. The van der Waals surface area contributed by atoms with Gasteiger partial charge in [0.25, 0.3) is 0 Å². The highest BCUT2D eigenvalue weighted by atomic mass is 35.5. The fourth-order valence-corrected chi connectivity index (χ4v) is 4.03. The van der Waals surface area contributed by atoms with E-state index in [1.165, 1.54) is 59.6 Å². The lowest BCUT2D eigenvalue weighted by Crippen LogP contribution is -2.30. The number of benzene rings is 3. The third kappa shape index (κ3) is 5.06. The topological polar surface area (TPSA) is 21.3 Å². The van der Waals surface area contributed by atoms with Crippen LogP contribution in [0.2, 0.25) is 0 Å². The summed E-state index contributed by atoms with van der Waals surface area (Å²) in [6.45, 7) is 3.59. The number of aryl methyl sites for hydroxylation is 1. The molecule has 3 aromatic rings. The first-order valence-electron chi connectivity index (χ1n) is 10.2. The van der Waals surface area contributed by atoms with Crippen LogP contribution in [0.3, 0.4) is 0 Å². The third-order valence-corrected chi connectivity index (χ3v) is 5.69. The summed E-state index contributed by atoms with van der Waals surface area (Å²) in [5, 5.41) is 6.37. The Balaban J connectivity index is 0.00000225. The molecule has 3 heteroatoms. The summed E-state index contributed by atoms with van der Waals surface area (Å²) in [5.41, 5.74) is 3.77. The van der Waals surface area contributed by atoms with Crippen LogP contribution < -0.4 is 10.1 Å². The maximum atomic E-state index is 6.27. The first-order valence-corrected chi connectivity index (χ1v) is 10.2. The maximum absolute atomic E-state index is 6.27. The molecule has 0 heterocycles. The Bertz CT molecular complexity index is 885. The molecule has 1 aliphatic rings. The molecular formula is C25H30ClNO. The summed E-state index contributed by atoms with van der Waals surface area (Å²) in [7, 11) is 0. The van der Waals surface area contributed by atoms with Gasteiger partial charge in [-0.15, -0.1) is 12.4 Å². The smallest absolute Gasteiger partial charge is 0.124 e. The molecule has 0 aromatic heterocycles. The van der Waals surface area contributed by atoms with Crippen LogP contribution in [0, 0.1) is 6.92 Å². The monoisotopic (exact) mass is 395 g/mol. The summed E-state index contributed by atoms with van der Waals surface area (Å²) in [6.07, 6.45) is 6.68. The highest BCUT2D eigenvalue weighted by Gasteiger charge is 2.15. The van der Waals surface area contributed by atoms with Crippen LogP contribution in [0.5, 0.6) is 5.75 Å². The molecule has 1 aliphatic carbocycles. The van der Waals surface area contributed by atoms with E-state index in [0.717, 1.165) is 12.3 Å². The van der Waals surface area contributed by atoms with E-state index in [2.05, 4.69) is 72.9 Å². The average Bonchev–Trinajstić information content (AvgIpc) is 2.73. The Hall–Kier alpha value is -2.03. The summed E-state index contributed by atoms with van der Waals surface area (Å²) < 4.78 is 6.27. The standard InChI is InChI=1S/C25H29NO.ClH/c1-19-11-13-20(14-12-19)18-27-25-16-15-21-7-5-6-10-23(21)24(25)17-26-22-8-3-2-4-9-22;/h5-7,10-16,22,26H,2-4,8-9,17-18H2,1H3;1H. The van der Waals surface area contributed by atoms with E-state index in [-0.39, 0.29) is 12.4 Å². The lowest BCUT2D eigenvalue weighted by molar-refractivity contribution is 0.300. The van der Waals surface area contributed by atoms with E-state index in [9.17, 15) is 0 Å². The van der Waals surface area contributed by atoms with Gasteiger partial charge < -0.3 is 10.1 Å². The maximum Gasteiger partial charge on any atom is 0.124 e.